The first-order valence-corrected chi connectivity index (χ1v) is 7.48. The van der Waals surface area contributed by atoms with E-state index in [2.05, 4.69) is 18.3 Å². The van der Waals surface area contributed by atoms with Gasteiger partial charge in [0.05, 0.1) is 0 Å². The highest BCUT2D eigenvalue weighted by Crippen LogP contribution is 2.31. The molecule has 3 nitrogen and oxygen atoms in total. The molecule has 3 rings (SSSR count). The van der Waals surface area contributed by atoms with Crippen molar-refractivity contribution in [1.29, 1.82) is 0 Å². The summed E-state index contributed by atoms with van der Waals surface area (Å²) in [4.78, 5) is 0. The largest absolute Gasteiger partial charge is 0.486 e. The van der Waals surface area contributed by atoms with Crippen molar-refractivity contribution in [2.24, 2.45) is 0 Å². The van der Waals surface area contributed by atoms with Crippen LogP contribution < -0.4 is 14.8 Å². The van der Waals surface area contributed by atoms with Crippen molar-refractivity contribution in [3.63, 3.8) is 0 Å². The fourth-order valence-electron chi connectivity index (χ4n) is 2.40. The molecule has 21 heavy (non-hydrogen) atoms. The van der Waals surface area contributed by atoms with Crippen LogP contribution in [0.25, 0.3) is 0 Å². The van der Waals surface area contributed by atoms with Gasteiger partial charge in [0.2, 0.25) is 0 Å². The van der Waals surface area contributed by atoms with Gasteiger partial charge in [-0.25, -0.2) is 0 Å². The van der Waals surface area contributed by atoms with Crippen molar-refractivity contribution in [2.45, 2.75) is 19.5 Å². The predicted octanol–water partition coefficient (Wildman–Crippen LogP) is 3.96. The molecular formula is C17H18ClNO2. The monoisotopic (exact) mass is 303 g/mol. The molecule has 1 aliphatic rings. The molecule has 0 saturated heterocycles. The number of hydrogen-bond acceptors (Lipinski definition) is 3. The number of benzene rings is 2. The first-order valence-electron chi connectivity index (χ1n) is 7.10. The van der Waals surface area contributed by atoms with Crippen molar-refractivity contribution in [2.75, 3.05) is 13.2 Å². The molecule has 1 heterocycles. The second-order valence-electron chi connectivity index (χ2n) is 5.10. The van der Waals surface area contributed by atoms with Gasteiger partial charge in [-0.15, -0.1) is 0 Å². The predicted molar refractivity (Wildman–Crippen MR) is 84.1 cm³/mol. The molecule has 0 fully saturated rings. The molecule has 1 aliphatic heterocycles. The Morgan fingerprint density at radius 3 is 2.67 bits per heavy atom. The Hall–Kier alpha value is -1.71. The molecule has 1 unspecified atom stereocenters. The van der Waals surface area contributed by atoms with Crippen molar-refractivity contribution in [1.82, 2.24) is 5.32 Å². The topological polar surface area (TPSA) is 30.5 Å². The number of halogens is 1. The number of ether oxygens (including phenoxy) is 2. The van der Waals surface area contributed by atoms with E-state index >= 15 is 0 Å². The number of hydrogen-bond donors (Lipinski definition) is 1. The Balaban J connectivity index is 1.66. The van der Waals surface area contributed by atoms with E-state index in [0.29, 0.717) is 13.2 Å². The fraction of sp³-hybridized carbons (Fsp3) is 0.294. The van der Waals surface area contributed by atoms with Gasteiger partial charge in [-0.3, -0.25) is 0 Å². The Labute approximate surface area is 129 Å². The third-order valence-electron chi connectivity index (χ3n) is 3.59. The van der Waals surface area contributed by atoms with Gasteiger partial charge in [-0.1, -0.05) is 35.9 Å². The van der Waals surface area contributed by atoms with Crippen LogP contribution in [-0.2, 0) is 6.54 Å². The van der Waals surface area contributed by atoms with E-state index in [0.717, 1.165) is 34.2 Å². The molecule has 2 aromatic carbocycles. The molecule has 0 amide bonds. The maximum Gasteiger partial charge on any atom is 0.161 e. The van der Waals surface area contributed by atoms with Gasteiger partial charge in [0.25, 0.3) is 0 Å². The van der Waals surface area contributed by atoms with Gasteiger partial charge in [0.15, 0.2) is 11.5 Å². The summed E-state index contributed by atoms with van der Waals surface area (Å²) in [6.07, 6.45) is 0. The van der Waals surface area contributed by atoms with Crippen molar-refractivity contribution < 1.29 is 9.47 Å². The Bertz CT molecular complexity index is 630. The molecule has 0 radical (unpaired) electrons. The lowest BCUT2D eigenvalue weighted by molar-refractivity contribution is 0.171. The standard InChI is InChI=1S/C17H18ClNO2/c1-12(14-4-2-3-5-15(14)18)19-11-13-6-7-16-17(10-13)21-9-8-20-16/h2-7,10,12,19H,8-9,11H2,1H3. The van der Waals surface area contributed by atoms with Crippen molar-refractivity contribution >= 4 is 11.6 Å². The summed E-state index contributed by atoms with van der Waals surface area (Å²) in [7, 11) is 0. The first-order chi connectivity index (χ1) is 10.2. The third kappa shape index (κ3) is 3.31. The van der Waals surface area contributed by atoms with Crippen LogP contribution in [0.3, 0.4) is 0 Å². The van der Waals surface area contributed by atoms with E-state index in [1.54, 1.807) is 0 Å². The van der Waals surface area contributed by atoms with E-state index in [4.69, 9.17) is 21.1 Å². The molecule has 0 aromatic heterocycles. The fourth-order valence-corrected chi connectivity index (χ4v) is 2.70. The van der Waals surface area contributed by atoms with Gasteiger partial charge in [-0.2, -0.15) is 0 Å². The van der Waals surface area contributed by atoms with Crippen LogP contribution in [-0.4, -0.2) is 13.2 Å². The summed E-state index contributed by atoms with van der Waals surface area (Å²) in [5, 5.41) is 4.27. The lowest BCUT2D eigenvalue weighted by Gasteiger charge is -2.20. The molecule has 0 bridgehead atoms. The van der Waals surface area contributed by atoms with E-state index in [1.807, 2.05) is 36.4 Å². The van der Waals surface area contributed by atoms with Crippen LogP contribution in [0.2, 0.25) is 5.02 Å². The Morgan fingerprint density at radius 2 is 1.86 bits per heavy atom. The molecule has 1 N–H and O–H groups in total. The molecule has 110 valence electrons. The smallest absolute Gasteiger partial charge is 0.161 e. The minimum atomic E-state index is 0.187. The van der Waals surface area contributed by atoms with E-state index in [1.165, 1.54) is 0 Å². The zero-order chi connectivity index (χ0) is 14.7. The van der Waals surface area contributed by atoms with Crippen LogP contribution in [0.4, 0.5) is 0 Å². The summed E-state index contributed by atoms with van der Waals surface area (Å²) in [6.45, 7) is 4.09. The summed E-state index contributed by atoms with van der Waals surface area (Å²) in [5.74, 6) is 1.65. The summed E-state index contributed by atoms with van der Waals surface area (Å²) >= 11 is 6.22. The maximum atomic E-state index is 6.22. The lowest BCUT2D eigenvalue weighted by atomic mass is 10.1. The van der Waals surface area contributed by atoms with E-state index < -0.39 is 0 Å². The maximum absolute atomic E-state index is 6.22. The van der Waals surface area contributed by atoms with Crippen LogP contribution in [0.15, 0.2) is 42.5 Å². The Kier molecular flexibility index (Phi) is 4.32. The average molecular weight is 304 g/mol. The van der Waals surface area contributed by atoms with Crippen LogP contribution in [0.5, 0.6) is 11.5 Å². The minimum Gasteiger partial charge on any atom is -0.486 e. The molecular weight excluding hydrogens is 286 g/mol. The second-order valence-corrected chi connectivity index (χ2v) is 5.51. The zero-order valence-corrected chi connectivity index (χ0v) is 12.7. The SMILES string of the molecule is CC(NCc1ccc2c(c1)OCCO2)c1ccccc1Cl. The van der Waals surface area contributed by atoms with Gasteiger partial charge in [-0.05, 0) is 36.2 Å². The van der Waals surface area contributed by atoms with Crippen LogP contribution >= 0.6 is 11.6 Å². The van der Waals surface area contributed by atoms with Crippen molar-refractivity contribution in [3.8, 4) is 11.5 Å². The number of nitrogens with one attached hydrogen (secondary N) is 1. The lowest BCUT2D eigenvalue weighted by Crippen LogP contribution is -2.19. The molecule has 0 spiro atoms. The van der Waals surface area contributed by atoms with Gasteiger partial charge < -0.3 is 14.8 Å². The van der Waals surface area contributed by atoms with Gasteiger partial charge in [0, 0.05) is 17.6 Å². The Morgan fingerprint density at radius 1 is 1.10 bits per heavy atom. The summed E-state index contributed by atoms with van der Waals surface area (Å²) in [6, 6.07) is 14.1. The molecule has 0 aliphatic carbocycles. The third-order valence-corrected chi connectivity index (χ3v) is 3.93. The average Bonchev–Trinajstić information content (AvgIpc) is 2.53. The van der Waals surface area contributed by atoms with E-state index in [9.17, 15) is 0 Å². The molecule has 2 aromatic rings. The summed E-state index contributed by atoms with van der Waals surface area (Å²) < 4.78 is 11.1. The van der Waals surface area contributed by atoms with Crippen molar-refractivity contribution in [3.05, 3.63) is 58.6 Å². The van der Waals surface area contributed by atoms with E-state index in [-0.39, 0.29) is 6.04 Å². The summed E-state index contributed by atoms with van der Waals surface area (Å²) in [5.41, 5.74) is 2.27. The zero-order valence-electron chi connectivity index (χ0n) is 11.9. The number of rotatable bonds is 4. The first kappa shape index (κ1) is 14.2. The highest BCUT2D eigenvalue weighted by molar-refractivity contribution is 6.31. The quantitative estimate of drug-likeness (QED) is 0.927. The van der Waals surface area contributed by atoms with Gasteiger partial charge in [0.1, 0.15) is 13.2 Å². The number of fused-ring (bicyclic) bond motifs is 1. The van der Waals surface area contributed by atoms with Crippen LogP contribution in [0.1, 0.15) is 24.1 Å². The highest BCUT2D eigenvalue weighted by atomic mass is 35.5. The molecule has 1 atom stereocenters. The van der Waals surface area contributed by atoms with Crippen LogP contribution in [0, 0.1) is 0 Å². The van der Waals surface area contributed by atoms with Gasteiger partial charge >= 0.3 is 0 Å². The molecule has 4 heteroatoms. The normalized spacial score (nSPS) is 14.8. The highest BCUT2D eigenvalue weighted by Gasteiger charge is 2.13. The molecule has 0 saturated carbocycles. The minimum absolute atomic E-state index is 0.187. The second kappa shape index (κ2) is 6.37.